The van der Waals surface area contributed by atoms with Crippen molar-refractivity contribution in [3.63, 3.8) is 0 Å². The van der Waals surface area contributed by atoms with E-state index in [0.717, 1.165) is 43.4 Å². The molecule has 0 aliphatic carbocycles. The fourth-order valence-corrected chi connectivity index (χ4v) is 3.18. The molecule has 1 saturated heterocycles. The van der Waals surface area contributed by atoms with E-state index in [4.69, 9.17) is 16.7 Å². The number of nitrogens with zero attached hydrogens (tertiary/aromatic N) is 5. The third-order valence-corrected chi connectivity index (χ3v) is 4.74. The Bertz CT molecular complexity index is 723. The second-order valence-corrected chi connectivity index (χ2v) is 6.41. The topological polar surface area (TPSA) is 74.5 Å². The minimum atomic E-state index is -0.881. The summed E-state index contributed by atoms with van der Waals surface area (Å²) in [5.41, 5.74) is 0.960. The molecule has 8 heteroatoms. The first kappa shape index (κ1) is 16.6. The van der Waals surface area contributed by atoms with Crippen molar-refractivity contribution in [3.8, 4) is 5.69 Å². The Balaban J connectivity index is 1.80. The lowest BCUT2D eigenvalue weighted by molar-refractivity contribution is 0.131. The van der Waals surface area contributed by atoms with Gasteiger partial charge in [0.25, 0.3) is 0 Å². The van der Waals surface area contributed by atoms with Gasteiger partial charge < -0.3 is 14.9 Å². The van der Waals surface area contributed by atoms with Crippen LogP contribution < -0.4 is 4.90 Å². The number of amides is 1. The molecule has 7 nitrogen and oxygen atoms in total. The van der Waals surface area contributed by atoms with Crippen LogP contribution in [0.15, 0.2) is 24.3 Å². The number of carboxylic acid groups (broad SMARTS) is 1. The van der Waals surface area contributed by atoms with Crippen LogP contribution in [0.5, 0.6) is 0 Å². The van der Waals surface area contributed by atoms with Crippen LogP contribution in [0, 0.1) is 6.92 Å². The van der Waals surface area contributed by atoms with Crippen LogP contribution in [0.4, 0.5) is 10.7 Å². The zero-order valence-electron chi connectivity index (χ0n) is 13.7. The van der Waals surface area contributed by atoms with Crippen LogP contribution in [-0.4, -0.2) is 57.0 Å². The summed E-state index contributed by atoms with van der Waals surface area (Å²) in [5.74, 6) is 1.59. The van der Waals surface area contributed by atoms with Gasteiger partial charge in [0.05, 0.1) is 5.69 Å². The van der Waals surface area contributed by atoms with E-state index in [9.17, 15) is 4.79 Å². The Labute approximate surface area is 145 Å². The highest BCUT2D eigenvalue weighted by Crippen LogP contribution is 2.25. The molecule has 0 saturated carbocycles. The normalized spacial score (nSPS) is 15.5. The van der Waals surface area contributed by atoms with Crippen molar-refractivity contribution < 1.29 is 9.90 Å². The first-order valence-electron chi connectivity index (χ1n) is 7.86. The third-order valence-electron chi connectivity index (χ3n) is 4.49. The number of hydrogen-bond donors (Lipinski definition) is 1. The van der Waals surface area contributed by atoms with Crippen molar-refractivity contribution in [1.82, 2.24) is 19.7 Å². The lowest BCUT2D eigenvalue weighted by atomic mass is 10.0. The summed E-state index contributed by atoms with van der Waals surface area (Å²) in [5, 5.41) is 18.3. The number of halogens is 1. The summed E-state index contributed by atoms with van der Waals surface area (Å²) >= 11 is 5.97. The fraction of sp³-hybridized carbons (Fsp3) is 0.438. The quantitative estimate of drug-likeness (QED) is 0.922. The predicted octanol–water partition coefficient (Wildman–Crippen LogP) is 2.81. The van der Waals surface area contributed by atoms with E-state index >= 15 is 0 Å². The number of carbonyl (C=O) groups is 1. The molecule has 1 aliphatic rings. The molecule has 0 unspecified atom stereocenters. The van der Waals surface area contributed by atoms with Gasteiger partial charge in [0.1, 0.15) is 5.82 Å². The fourth-order valence-electron chi connectivity index (χ4n) is 3.06. The Morgan fingerprint density at radius 1 is 1.25 bits per heavy atom. The number of aryl methyl sites for hydroxylation is 1. The Hall–Kier alpha value is -2.28. The summed E-state index contributed by atoms with van der Waals surface area (Å²) in [6, 6.07) is 7.61. The standard InChI is InChI=1S/C16H20ClN5O2/c1-11-18-19-15(22(11)14-5-3-12(17)4-6-14)21-9-7-13(8-10-21)20(2)16(23)24/h3-6,13H,7-10H2,1-2H3,(H,23,24). The van der Waals surface area contributed by atoms with E-state index in [1.165, 1.54) is 4.90 Å². The molecule has 0 atom stereocenters. The van der Waals surface area contributed by atoms with Crippen molar-refractivity contribution in [2.45, 2.75) is 25.8 Å². The van der Waals surface area contributed by atoms with E-state index < -0.39 is 6.09 Å². The Morgan fingerprint density at radius 3 is 2.46 bits per heavy atom. The molecule has 1 aliphatic heterocycles. The molecule has 2 aromatic rings. The maximum Gasteiger partial charge on any atom is 0.407 e. The third kappa shape index (κ3) is 3.17. The first-order chi connectivity index (χ1) is 11.5. The number of rotatable bonds is 3. The molecule has 1 fully saturated rings. The van der Waals surface area contributed by atoms with Gasteiger partial charge in [-0.1, -0.05) is 11.6 Å². The molecule has 0 bridgehead atoms. The maximum atomic E-state index is 11.1. The van der Waals surface area contributed by atoms with Gasteiger partial charge in [-0.05, 0) is 44.0 Å². The highest BCUT2D eigenvalue weighted by molar-refractivity contribution is 6.30. The van der Waals surface area contributed by atoms with Crippen molar-refractivity contribution in [1.29, 1.82) is 0 Å². The number of aromatic nitrogens is 3. The van der Waals surface area contributed by atoms with Gasteiger partial charge in [0.15, 0.2) is 0 Å². The second-order valence-electron chi connectivity index (χ2n) is 5.97. The van der Waals surface area contributed by atoms with Crippen molar-refractivity contribution in [2.75, 3.05) is 25.0 Å². The number of piperidine rings is 1. The molecule has 3 rings (SSSR count). The summed E-state index contributed by atoms with van der Waals surface area (Å²) in [6.07, 6.45) is 0.665. The van der Waals surface area contributed by atoms with E-state index in [-0.39, 0.29) is 6.04 Å². The van der Waals surface area contributed by atoms with Crippen molar-refractivity contribution in [2.24, 2.45) is 0 Å². The van der Waals surface area contributed by atoms with Crippen LogP contribution in [0.2, 0.25) is 5.02 Å². The van der Waals surface area contributed by atoms with Crippen LogP contribution in [0.25, 0.3) is 5.69 Å². The SMILES string of the molecule is Cc1nnc(N2CCC(N(C)C(=O)O)CC2)n1-c1ccc(Cl)cc1. The van der Waals surface area contributed by atoms with Crippen molar-refractivity contribution in [3.05, 3.63) is 35.1 Å². The predicted molar refractivity (Wildman–Crippen MR) is 92.1 cm³/mol. The molecule has 1 N–H and O–H groups in total. The van der Waals surface area contributed by atoms with Crippen molar-refractivity contribution >= 4 is 23.6 Å². The van der Waals surface area contributed by atoms with Gasteiger partial charge in [0, 0.05) is 31.2 Å². The summed E-state index contributed by atoms with van der Waals surface area (Å²) in [6.45, 7) is 3.40. The first-order valence-corrected chi connectivity index (χ1v) is 8.24. The second kappa shape index (κ2) is 6.68. The Morgan fingerprint density at radius 2 is 1.88 bits per heavy atom. The van der Waals surface area contributed by atoms with Gasteiger partial charge >= 0.3 is 6.09 Å². The summed E-state index contributed by atoms with van der Waals surface area (Å²) < 4.78 is 2.00. The molecular formula is C16H20ClN5O2. The Kier molecular flexibility index (Phi) is 4.62. The monoisotopic (exact) mass is 349 g/mol. The van der Waals surface area contributed by atoms with Gasteiger partial charge in [-0.15, -0.1) is 10.2 Å². The molecule has 1 amide bonds. The molecule has 0 spiro atoms. The molecule has 0 radical (unpaired) electrons. The highest BCUT2D eigenvalue weighted by Gasteiger charge is 2.27. The van der Waals surface area contributed by atoms with Gasteiger partial charge in [-0.2, -0.15) is 0 Å². The lowest BCUT2D eigenvalue weighted by Crippen LogP contribution is -2.45. The molecule has 2 heterocycles. The molecular weight excluding hydrogens is 330 g/mol. The molecule has 1 aromatic carbocycles. The molecule has 1 aromatic heterocycles. The average Bonchev–Trinajstić information content (AvgIpc) is 2.96. The van der Waals surface area contributed by atoms with Crippen LogP contribution >= 0.6 is 11.6 Å². The minimum Gasteiger partial charge on any atom is -0.465 e. The minimum absolute atomic E-state index is 0.0479. The van der Waals surface area contributed by atoms with Crippen LogP contribution in [-0.2, 0) is 0 Å². The summed E-state index contributed by atoms with van der Waals surface area (Å²) in [7, 11) is 1.63. The smallest absolute Gasteiger partial charge is 0.407 e. The van der Waals surface area contributed by atoms with Gasteiger partial charge in [0.2, 0.25) is 5.95 Å². The van der Waals surface area contributed by atoms with E-state index in [0.29, 0.717) is 5.02 Å². The number of hydrogen-bond acceptors (Lipinski definition) is 4. The van der Waals surface area contributed by atoms with Crippen LogP contribution in [0.3, 0.4) is 0 Å². The van der Waals surface area contributed by atoms with Crippen LogP contribution in [0.1, 0.15) is 18.7 Å². The lowest BCUT2D eigenvalue weighted by Gasteiger charge is -2.36. The van der Waals surface area contributed by atoms with Gasteiger partial charge in [-0.3, -0.25) is 4.57 Å². The van der Waals surface area contributed by atoms with E-state index in [2.05, 4.69) is 15.1 Å². The molecule has 128 valence electrons. The molecule has 24 heavy (non-hydrogen) atoms. The zero-order chi connectivity index (χ0) is 17.3. The largest absolute Gasteiger partial charge is 0.465 e. The summed E-state index contributed by atoms with van der Waals surface area (Å²) in [4.78, 5) is 14.6. The van der Waals surface area contributed by atoms with E-state index in [1.807, 2.05) is 35.8 Å². The maximum absolute atomic E-state index is 11.1. The van der Waals surface area contributed by atoms with E-state index in [1.54, 1.807) is 7.05 Å². The average molecular weight is 350 g/mol. The number of anilines is 1. The highest BCUT2D eigenvalue weighted by atomic mass is 35.5. The zero-order valence-corrected chi connectivity index (χ0v) is 14.4. The number of benzene rings is 1. The van der Waals surface area contributed by atoms with Gasteiger partial charge in [-0.25, -0.2) is 4.79 Å².